The molecular formula is C7H8ClNS. The molecule has 1 rings (SSSR count). The predicted octanol–water partition coefficient (Wildman–Crippen LogP) is 2.52. The second-order valence-corrected chi connectivity index (χ2v) is 3.05. The van der Waals surface area contributed by atoms with Crippen LogP contribution in [0.4, 0.5) is 5.69 Å². The second-order valence-electron chi connectivity index (χ2n) is 2.16. The van der Waals surface area contributed by atoms with Crippen molar-refractivity contribution in [1.29, 1.82) is 0 Å². The average Bonchev–Trinajstić information content (AvgIpc) is 1.84. The average molecular weight is 174 g/mol. The Morgan fingerprint density at radius 1 is 1.50 bits per heavy atom. The van der Waals surface area contributed by atoms with Crippen LogP contribution in [0.15, 0.2) is 17.0 Å². The first kappa shape index (κ1) is 7.76. The summed E-state index contributed by atoms with van der Waals surface area (Å²) in [6, 6.07) is 3.56. The van der Waals surface area contributed by atoms with Gasteiger partial charge in [-0.3, -0.25) is 0 Å². The predicted molar refractivity (Wildman–Crippen MR) is 47.9 cm³/mol. The maximum atomic E-state index is 5.73. The lowest BCUT2D eigenvalue weighted by atomic mass is 10.2. The zero-order valence-electron chi connectivity index (χ0n) is 5.56. The van der Waals surface area contributed by atoms with Crippen LogP contribution in [0, 0.1) is 6.92 Å². The molecule has 0 aromatic heterocycles. The molecule has 0 aliphatic rings. The van der Waals surface area contributed by atoms with E-state index in [0.29, 0.717) is 10.7 Å². The molecule has 1 aromatic rings. The highest BCUT2D eigenvalue weighted by Crippen LogP contribution is 2.25. The maximum Gasteiger partial charge on any atom is 0.0559 e. The molecule has 0 aliphatic heterocycles. The SMILES string of the molecule is Cc1cc(S)c(Cl)cc1N. The van der Waals surface area contributed by atoms with Crippen molar-refractivity contribution < 1.29 is 0 Å². The van der Waals surface area contributed by atoms with Gasteiger partial charge in [0.25, 0.3) is 0 Å². The first-order valence-corrected chi connectivity index (χ1v) is 3.68. The van der Waals surface area contributed by atoms with Crippen LogP contribution in [-0.2, 0) is 0 Å². The Morgan fingerprint density at radius 2 is 2.10 bits per heavy atom. The van der Waals surface area contributed by atoms with Crippen LogP contribution in [0.5, 0.6) is 0 Å². The van der Waals surface area contributed by atoms with Crippen molar-refractivity contribution in [2.45, 2.75) is 11.8 Å². The van der Waals surface area contributed by atoms with Crippen LogP contribution in [-0.4, -0.2) is 0 Å². The van der Waals surface area contributed by atoms with E-state index in [0.717, 1.165) is 10.5 Å². The largest absolute Gasteiger partial charge is 0.398 e. The highest BCUT2D eigenvalue weighted by molar-refractivity contribution is 7.80. The number of rotatable bonds is 0. The standard InChI is InChI=1S/C7H8ClNS/c1-4-2-7(10)5(8)3-6(4)9/h2-3,10H,9H2,1H3. The van der Waals surface area contributed by atoms with Gasteiger partial charge in [0.05, 0.1) is 5.02 Å². The van der Waals surface area contributed by atoms with E-state index in [1.54, 1.807) is 6.07 Å². The lowest BCUT2D eigenvalue weighted by Gasteiger charge is -2.01. The normalized spacial score (nSPS) is 9.90. The van der Waals surface area contributed by atoms with Crippen molar-refractivity contribution in [3.63, 3.8) is 0 Å². The van der Waals surface area contributed by atoms with Gasteiger partial charge in [0, 0.05) is 10.6 Å². The molecule has 0 radical (unpaired) electrons. The Morgan fingerprint density at radius 3 is 2.60 bits per heavy atom. The smallest absolute Gasteiger partial charge is 0.0559 e. The summed E-state index contributed by atoms with van der Waals surface area (Å²) < 4.78 is 0. The molecule has 0 heterocycles. The fourth-order valence-electron chi connectivity index (χ4n) is 0.682. The minimum absolute atomic E-state index is 0.603. The van der Waals surface area contributed by atoms with Crippen molar-refractivity contribution in [2.24, 2.45) is 0 Å². The van der Waals surface area contributed by atoms with Gasteiger partial charge in [-0.05, 0) is 24.6 Å². The zero-order valence-corrected chi connectivity index (χ0v) is 7.21. The van der Waals surface area contributed by atoms with Crippen LogP contribution in [0.3, 0.4) is 0 Å². The summed E-state index contributed by atoms with van der Waals surface area (Å²) in [5.74, 6) is 0. The van der Waals surface area contributed by atoms with E-state index in [1.165, 1.54) is 0 Å². The Kier molecular flexibility index (Phi) is 2.11. The van der Waals surface area contributed by atoms with Gasteiger partial charge in [0.15, 0.2) is 0 Å². The fraction of sp³-hybridized carbons (Fsp3) is 0.143. The molecule has 0 amide bonds. The number of benzene rings is 1. The molecule has 54 valence electrons. The van der Waals surface area contributed by atoms with Gasteiger partial charge in [0.2, 0.25) is 0 Å². The minimum Gasteiger partial charge on any atom is -0.398 e. The summed E-state index contributed by atoms with van der Waals surface area (Å²) in [7, 11) is 0. The number of hydrogen-bond donors (Lipinski definition) is 2. The number of hydrogen-bond acceptors (Lipinski definition) is 2. The molecule has 3 heteroatoms. The van der Waals surface area contributed by atoms with E-state index >= 15 is 0 Å². The van der Waals surface area contributed by atoms with E-state index in [4.69, 9.17) is 17.3 Å². The molecule has 0 spiro atoms. The van der Waals surface area contributed by atoms with Gasteiger partial charge in [-0.25, -0.2) is 0 Å². The highest BCUT2D eigenvalue weighted by Gasteiger charge is 1.98. The van der Waals surface area contributed by atoms with Crippen molar-refractivity contribution >= 4 is 29.9 Å². The molecule has 1 aromatic carbocycles. The maximum absolute atomic E-state index is 5.73. The number of aryl methyl sites for hydroxylation is 1. The topological polar surface area (TPSA) is 26.0 Å². The molecule has 10 heavy (non-hydrogen) atoms. The molecule has 0 unspecified atom stereocenters. The third kappa shape index (κ3) is 1.39. The van der Waals surface area contributed by atoms with Crippen LogP contribution in [0.25, 0.3) is 0 Å². The van der Waals surface area contributed by atoms with Crippen molar-refractivity contribution in [1.82, 2.24) is 0 Å². The Hall–Kier alpha value is -0.340. The molecule has 2 N–H and O–H groups in total. The molecule has 0 fully saturated rings. The first-order valence-electron chi connectivity index (χ1n) is 2.86. The van der Waals surface area contributed by atoms with E-state index in [1.807, 2.05) is 13.0 Å². The third-order valence-corrected chi connectivity index (χ3v) is 2.15. The summed E-state index contributed by atoms with van der Waals surface area (Å²) in [6.07, 6.45) is 0. The van der Waals surface area contributed by atoms with Crippen LogP contribution in [0.1, 0.15) is 5.56 Å². The van der Waals surface area contributed by atoms with Crippen molar-refractivity contribution in [2.75, 3.05) is 5.73 Å². The van der Waals surface area contributed by atoms with E-state index in [9.17, 15) is 0 Å². The summed E-state index contributed by atoms with van der Waals surface area (Å²) in [5.41, 5.74) is 7.29. The van der Waals surface area contributed by atoms with Gasteiger partial charge in [-0.1, -0.05) is 11.6 Å². The van der Waals surface area contributed by atoms with Crippen molar-refractivity contribution in [3.8, 4) is 0 Å². The summed E-state index contributed by atoms with van der Waals surface area (Å²) in [6.45, 7) is 1.92. The number of anilines is 1. The van der Waals surface area contributed by atoms with Crippen LogP contribution in [0.2, 0.25) is 5.02 Å². The lowest BCUT2D eigenvalue weighted by Crippen LogP contribution is -1.88. The summed E-state index contributed by atoms with van der Waals surface area (Å²) in [5, 5.41) is 0.603. The minimum atomic E-state index is 0.603. The number of nitrogen functional groups attached to an aromatic ring is 1. The molecule has 1 nitrogen and oxygen atoms in total. The van der Waals surface area contributed by atoms with E-state index in [2.05, 4.69) is 12.6 Å². The highest BCUT2D eigenvalue weighted by atomic mass is 35.5. The zero-order chi connectivity index (χ0) is 7.72. The fourth-order valence-corrected chi connectivity index (χ4v) is 1.11. The van der Waals surface area contributed by atoms with E-state index in [-0.39, 0.29) is 0 Å². The molecule has 0 saturated carbocycles. The lowest BCUT2D eigenvalue weighted by molar-refractivity contribution is 1.37. The number of halogens is 1. The third-order valence-electron chi connectivity index (χ3n) is 1.34. The number of nitrogens with two attached hydrogens (primary N) is 1. The van der Waals surface area contributed by atoms with Gasteiger partial charge in [-0.2, -0.15) is 0 Å². The first-order chi connectivity index (χ1) is 4.61. The second kappa shape index (κ2) is 2.72. The summed E-state index contributed by atoms with van der Waals surface area (Å²) >= 11 is 9.86. The Balaban J connectivity index is 3.28. The van der Waals surface area contributed by atoms with Gasteiger partial charge >= 0.3 is 0 Å². The quantitative estimate of drug-likeness (QED) is 0.458. The van der Waals surface area contributed by atoms with Gasteiger partial charge in [-0.15, -0.1) is 12.6 Å². The summed E-state index contributed by atoms with van der Waals surface area (Å²) in [4.78, 5) is 0.772. The monoisotopic (exact) mass is 173 g/mol. The van der Waals surface area contributed by atoms with Crippen LogP contribution >= 0.6 is 24.2 Å². The van der Waals surface area contributed by atoms with Gasteiger partial charge < -0.3 is 5.73 Å². The molecular weight excluding hydrogens is 166 g/mol. The van der Waals surface area contributed by atoms with E-state index < -0.39 is 0 Å². The Labute approximate surface area is 70.6 Å². The molecule has 0 aliphatic carbocycles. The molecule has 0 atom stereocenters. The Bertz CT molecular complexity index is 210. The molecule has 0 bridgehead atoms. The van der Waals surface area contributed by atoms with Gasteiger partial charge in [0.1, 0.15) is 0 Å². The van der Waals surface area contributed by atoms with Crippen LogP contribution < -0.4 is 5.73 Å². The van der Waals surface area contributed by atoms with Crippen molar-refractivity contribution in [3.05, 3.63) is 22.7 Å². The number of thiol groups is 1. The molecule has 0 saturated heterocycles.